The number of carboxylic acid groups (broad SMARTS) is 1. The molecule has 3 heterocycles. The lowest BCUT2D eigenvalue weighted by Crippen LogP contribution is -2.41. The van der Waals surface area contributed by atoms with Crippen LogP contribution in [-0.2, 0) is 28.6 Å². The van der Waals surface area contributed by atoms with Crippen LogP contribution in [-0.4, -0.2) is 43.1 Å². The van der Waals surface area contributed by atoms with E-state index in [4.69, 9.17) is 0 Å². The molecule has 2 aromatic heterocycles. The molecule has 1 unspecified atom stereocenters. The quantitative estimate of drug-likeness (QED) is 0.522. The first-order valence-corrected chi connectivity index (χ1v) is 11.0. The van der Waals surface area contributed by atoms with E-state index < -0.39 is 42.0 Å². The van der Waals surface area contributed by atoms with Gasteiger partial charge in [0.15, 0.2) is 5.69 Å². The number of alkyl halides is 3. The normalized spacial score (nSPS) is 14.6. The molecule has 0 radical (unpaired) electrons. The van der Waals surface area contributed by atoms with Crippen LogP contribution in [0.5, 0.6) is 0 Å². The van der Waals surface area contributed by atoms with Crippen molar-refractivity contribution >= 4 is 17.6 Å². The summed E-state index contributed by atoms with van der Waals surface area (Å²) in [6.45, 7) is 3.18. The first-order valence-electron chi connectivity index (χ1n) is 11.0. The maximum absolute atomic E-state index is 13.6. The van der Waals surface area contributed by atoms with Gasteiger partial charge in [-0.1, -0.05) is 6.92 Å². The van der Waals surface area contributed by atoms with Gasteiger partial charge in [-0.3, -0.25) is 14.3 Å². The van der Waals surface area contributed by atoms with Gasteiger partial charge in [-0.05, 0) is 50.5 Å². The van der Waals surface area contributed by atoms with E-state index in [1.54, 1.807) is 11.6 Å². The number of amides is 1. The molecule has 0 saturated heterocycles. The van der Waals surface area contributed by atoms with E-state index in [0.717, 1.165) is 4.68 Å². The summed E-state index contributed by atoms with van der Waals surface area (Å²) in [5, 5.41) is 17.4. The number of carbonyl (C=O) groups is 2. The number of carboxylic acids is 1. The fraction of sp³-hybridized carbons (Fsp3) is 0.391. The summed E-state index contributed by atoms with van der Waals surface area (Å²) in [6, 6.07) is 4.15. The van der Waals surface area contributed by atoms with Crippen LogP contribution in [0.15, 0.2) is 30.5 Å². The highest BCUT2D eigenvalue weighted by molar-refractivity contribution is 5.98. The van der Waals surface area contributed by atoms with Crippen molar-refractivity contribution in [2.75, 3.05) is 11.4 Å². The minimum absolute atomic E-state index is 0.0208. The lowest BCUT2D eigenvalue weighted by atomic mass is 10.1. The predicted molar refractivity (Wildman–Crippen MR) is 117 cm³/mol. The molecule has 1 aliphatic heterocycles. The minimum atomic E-state index is -4.74. The monoisotopic (exact) mass is 493 g/mol. The van der Waals surface area contributed by atoms with E-state index >= 15 is 0 Å². The van der Waals surface area contributed by atoms with Crippen LogP contribution in [0.1, 0.15) is 48.5 Å². The van der Waals surface area contributed by atoms with Gasteiger partial charge < -0.3 is 10.0 Å². The van der Waals surface area contributed by atoms with Crippen molar-refractivity contribution in [1.82, 2.24) is 19.6 Å². The number of benzene rings is 1. The highest BCUT2D eigenvalue weighted by atomic mass is 19.4. The van der Waals surface area contributed by atoms with E-state index in [1.807, 2.05) is 0 Å². The Bertz CT molecular complexity index is 1260. The number of aliphatic carboxylic acids is 1. The molecule has 0 fully saturated rings. The topological polar surface area (TPSA) is 93.2 Å². The number of nitrogens with zero attached hydrogens (tertiary/aromatic N) is 5. The molecule has 1 atom stereocenters. The fourth-order valence-electron chi connectivity index (χ4n) is 4.51. The zero-order valence-electron chi connectivity index (χ0n) is 19.0. The first-order chi connectivity index (χ1) is 16.5. The Balaban J connectivity index is 1.75. The van der Waals surface area contributed by atoms with Gasteiger partial charge in [0.2, 0.25) is 0 Å². The molecule has 0 spiro atoms. The van der Waals surface area contributed by atoms with Crippen molar-refractivity contribution in [3.63, 3.8) is 0 Å². The van der Waals surface area contributed by atoms with Crippen LogP contribution in [0.3, 0.4) is 0 Å². The number of halogens is 4. The number of aromatic nitrogens is 4. The summed E-state index contributed by atoms with van der Waals surface area (Å²) in [7, 11) is 0. The van der Waals surface area contributed by atoms with Crippen molar-refractivity contribution in [2.45, 2.75) is 51.7 Å². The van der Waals surface area contributed by atoms with Gasteiger partial charge in [0.1, 0.15) is 11.9 Å². The van der Waals surface area contributed by atoms with Crippen molar-refractivity contribution < 1.29 is 32.3 Å². The largest absolute Gasteiger partial charge is 0.481 e. The lowest BCUT2D eigenvalue weighted by Gasteiger charge is -2.30. The zero-order chi connectivity index (χ0) is 25.5. The number of carbonyl (C=O) groups excluding carboxylic acids is 1. The number of hydrogen-bond donors (Lipinski definition) is 1. The molecule has 8 nitrogen and oxygen atoms in total. The Kier molecular flexibility index (Phi) is 6.39. The Morgan fingerprint density at radius 1 is 1.20 bits per heavy atom. The van der Waals surface area contributed by atoms with Crippen LogP contribution in [0, 0.1) is 12.7 Å². The second-order valence-corrected chi connectivity index (χ2v) is 8.28. The summed E-state index contributed by atoms with van der Waals surface area (Å²) < 4.78 is 56.5. The highest BCUT2D eigenvalue weighted by Gasteiger charge is 2.41. The van der Waals surface area contributed by atoms with E-state index in [2.05, 4.69) is 10.2 Å². The summed E-state index contributed by atoms with van der Waals surface area (Å²) in [6.07, 6.45) is -2.93. The van der Waals surface area contributed by atoms with Gasteiger partial charge in [0.05, 0.1) is 29.7 Å². The van der Waals surface area contributed by atoms with Gasteiger partial charge in [-0.25, -0.2) is 9.07 Å². The van der Waals surface area contributed by atoms with Gasteiger partial charge in [0.25, 0.3) is 5.91 Å². The number of rotatable bonds is 6. The third-order valence-corrected chi connectivity index (χ3v) is 6.11. The maximum Gasteiger partial charge on any atom is 0.435 e. The molecule has 186 valence electrons. The zero-order valence-corrected chi connectivity index (χ0v) is 19.0. The van der Waals surface area contributed by atoms with Crippen molar-refractivity contribution in [3.05, 3.63) is 58.9 Å². The molecule has 0 aliphatic carbocycles. The minimum Gasteiger partial charge on any atom is -0.481 e. The van der Waals surface area contributed by atoms with Gasteiger partial charge in [0, 0.05) is 17.8 Å². The van der Waals surface area contributed by atoms with Gasteiger partial charge in [-0.15, -0.1) is 0 Å². The Morgan fingerprint density at radius 2 is 1.89 bits per heavy atom. The maximum atomic E-state index is 13.6. The summed E-state index contributed by atoms with van der Waals surface area (Å²) in [4.78, 5) is 26.6. The third kappa shape index (κ3) is 4.52. The number of anilines is 1. The van der Waals surface area contributed by atoms with E-state index in [0.29, 0.717) is 29.9 Å². The third-order valence-electron chi connectivity index (χ3n) is 6.11. The predicted octanol–water partition coefficient (Wildman–Crippen LogP) is 4.09. The Hall–Kier alpha value is -3.70. The Labute approximate surface area is 197 Å². The molecule has 1 N–H and O–H groups in total. The van der Waals surface area contributed by atoms with Crippen molar-refractivity contribution in [2.24, 2.45) is 0 Å². The van der Waals surface area contributed by atoms with E-state index in [9.17, 15) is 32.3 Å². The number of hydrogen-bond acceptors (Lipinski definition) is 4. The highest BCUT2D eigenvalue weighted by Crippen LogP contribution is 2.36. The van der Waals surface area contributed by atoms with Crippen LogP contribution in [0.2, 0.25) is 0 Å². The molecular formula is C23H23F4N5O3. The molecule has 35 heavy (non-hydrogen) atoms. The smallest absolute Gasteiger partial charge is 0.435 e. The van der Waals surface area contributed by atoms with Gasteiger partial charge >= 0.3 is 12.1 Å². The Morgan fingerprint density at radius 3 is 2.46 bits per heavy atom. The summed E-state index contributed by atoms with van der Waals surface area (Å²) in [5.41, 5.74) is 0.562. The molecule has 0 saturated carbocycles. The lowest BCUT2D eigenvalue weighted by molar-refractivity contribution is -0.142. The van der Waals surface area contributed by atoms with Crippen LogP contribution >= 0.6 is 0 Å². The molecule has 3 aromatic rings. The van der Waals surface area contributed by atoms with Crippen LogP contribution in [0.25, 0.3) is 5.69 Å². The second kappa shape index (κ2) is 9.16. The molecule has 4 rings (SSSR count). The van der Waals surface area contributed by atoms with E-state index in [1.165, 1.54) is 42.3 Å². The van der Waals surface area contributed by atoms with Gasteiger partial charge in [-0.2, -0.15) is 23.4 Å². The van der Waals surface area contributed by atoms with Crippen molar-refractivity contribution in [3.8, 4) is 5.69 Å². The molecular weight excluding hydrogens is 470 g/mol. The fourth-order valence-corrected chi connectivity index (χ4v) is 4.51. The first kappa shape index (κ1) is 24.4. The SMILES string of the molecule is CCc1c(C(F)(F)F)nn(C(CC(=O)O)C(=O)N2CCCc3c2cnn3-c2ccc(F)cc2)c1C. The van der Waals surface area contributed by atoms with Crippen molar-refractivity contribution in [1.29, 1.82) is 0 Å². The molecule has 1 amide bonds. The average Bonchev–Trinajstić information content (AvgIpc) is 3.38. The summed E-state index contributed by atoms with van der Waals surface area (Å²) >= 11 is 0. The molecule has 0 bridgehead atoms. The average molecular weight is 493 g/mol. The second-order valence-electron chi connectivity index (χ2n) is 8.28. The number of fused-ring (bicyclic) bond motifs is 1. The summed E-state index contributed by atoms with van der Waals surface area (Å²) in [5.74, 6) is -2.44. The molecule has 1 aromatic carbocycles. The van der Waals surface area contributed by atoms with Crippen LogP contribution < -0.4 is 4.90 Å². The molecule has 12 heteroatoms. The molecule has 1 aliphatic rings. The van der Waals surface area contributed by atoms with E-state index in [-0.39, 0.29) is 24.2 Å². The standard InChI is InChI=1S/C23H23F4N5O3/c1-3-16-13(2)31(29-21(16)23(25,26)27)18(11-20(33)34)22(35)30-10-4-5-17-19(30)12-28-32(17)15-8-6-14(24)7-9-15/h6-9,12,18H,3-5,10-11H2,1-2H3,(H,33,34). The van der Waals surface area contributed by atoms with Crippen LogP contribution in [0.4, 0.5) is 23.2 Å².